The lowest BCUT2D eigenvalue weighted by Gasteiger charge is -2.34. The Bertz CT molecular complexity index is 952. The largest absolute Gasteiger partial charge is 0.369 e. The normalized spacial score (nSPS) is 27.9. The molecule has 2 amide bonds. The molecule has 3 saturated heterocycles. The first kappa shape index (κ1) is 24.3. The smallest absolute Gasteiger partial charge is 0.251 e. The Hall–Kier alpha value is -2.45. The molecule has 0 radical (unpaired) electrons. The molecule has 0 bridgehead atoms. The summed E-state index contributed by atoms with van der Waals surface area (Å²) in [6.07, 6.45) is 2.63. The van der Waals surface area contributed by atoms with Crippen LogP contribution >= 0.6 is 0 Å². The van der Waals surface area contributed by atoms with Gasteiger partial charge in [-0.15, -0.1) is 0 Å². The van der Waals surface area contributed by atoms with Crippen LogP contribution < -0.4 is 10.2 Å². The van der Waals surface area contributed by atoms with Crippen LogP contribution in [0.15, 0.2) is 24.3 Å². The summed E-state index contributed by atoms with van der Waals surface area (Å²) in [6.45, 7) is 8.70. The number of ether oxygens (including phenoxy) is 1. The highest BCUT2D eigenvalue weighted by Gasteiger charge is 2.56. The molecule has 0 unspecified atom stereocenters. The SMILES string of the molecule is CC(C)C[C@H](NC(=O)c1ccc(N2CCN(C)CC2)cc1)C(=O)N1C[C@H](C2CC2)[C@H]2OCC(=O)[C@H]21. The van der Waals surface area contributed by atoms with Crippen molar-refractivity contribution in [1.82, 2.24) is 15.1 Å². The third kappa shape index (κ3) is 5.09. The molecule has 8 heteroatoms. The number of rotatable bonds is 7. The van der Waals surface area contributed by atoms with E-state index in [1.54, 1.807) is 4.90 Å². The number of ketones is 1. The summed E-state index contributed by atoms with van der Waals surface area (Å²) in [6, 6.07) is 6.49. The van der Waals surface area contributed by atoms with Crippen molar-refractivity contribution in [2.75, 3.05) is 51.3 Å². The van der Waals surface area contributed by atoms with Crippen molar-refractivity contribution in [3.8, 4) is 0 Å². The highest BCUT2D eigenvalue weighted by Crippen LogP contribution is 2.46. The number of likely N-dealkylation sites (N-methyl/N-ethyl adjacent to an activating group) is 1. The Morgan fingerprint density at radius 2 is 1.77 bits per heavy atom. The molecule has 4 atom stereocenters. The van der Waals surface area contributed by atoms with Gasteiger partial charge in [-0.25, -0.2) is 0 Å². The Morgan fingerprint density at radius 1 is 1.09 bits per heavy atom. The van der Waals surface area contributed by atoms with E-state index in [0.717, 1.165) is 44.7 Å². The number of likely N-dealkylation sites (tertiary alicyclic amines) is 1. The number of anilines is 1. The van der Waals surface area contributed by atoms with E-state index in [4.69, 9.17) is 4.74 Å². The van der Waals surface area contributed by atoms with E-state index in [2.05, 4.69) is 22.2 Å². The third-order valence-electron chi connectivity index (χ3n) is 8.04. The van der Waals surface area contributed by atoms with Crippen molar-refractivity contribution in [1.29, 1.82) is 0 Å². The second-order valence-corrected chi connectivity index (χ2v) is 11.2. The van der Waals surface area contributed by atoms with Gasteiger partial charge in [-0.3, -0.25) is 14.4 Å². The van der Waals surface area contributed by atoms with E-state index in [1.807, 2.05) is 38.1 Å². The molecule has 1 aromatic rings. The van der Waals surface area contributed by atoms with Crippen LogP contribution in [0.5, 0.6) is 0 Å². The topological polar surface area (TPSA) is 82.2 Å². The molecule has 0 aromatic heterocycles. The number of Topliss-reactive ketones (excluding diaryl/α,β-unsaturated/α-hetero) is 1. The van der Waals surface area contributed by atoms with Gasteiger partial charge in [-0.1, -0.05) is 13.8 Å². The number of carbonyl (C=O) groups is 3. The van der Waals surface area contributed by atoms with E-state index < -0.39 is 12.1 Å². The molecular formula is C27H38N4O4. The van der Waals surface area contributed by atoms with Crippen LogP contribution in [0.4, 0.5) is 5.69 Å². The molecule has 1 saturated carbocycles. The molecule has 3 heterocycles. The van der Waals surface area contributed by atoms with Gasteiger partial charge >= 0.3 is 0 Å². The van der Waals surface area contributed by atoms with Gasteiger partial charge in [-0.2, -0.15) is 0 Å². The van der Waals surface area contributed by atoms with E-state index in [-0.39, 0.29) is 42.1 Å². The molecule has 3 aliphatic heterocycles. The predicted molar refractivity (Wildman–Crippen MR) is 133 cm³/mol. The van der Waals surface area contributed by atoms with Gasteiger partial charge in [0.05, 0.1) is 6.10 Å². The summed E-state index contributed by atoms with van der Waals surface area (Å²) < 4.78 is 5.82. The zero-order chi connectivity index (χ0) is 24.7. The van der Waals surface area contributed by atoms with Crippen molar-refractivity contribution in [2.24, 2.45) is 17.8 Å². The number of fused-ring (bicyclic) bond motifs is 1. The maximum atomic E-state index is 13.7. The fourth-order valence-corrected chi connectivity index (χ4v) is 5.88. The van der Waals surface area contributed by atoms with E-state index in [0.29, 0.717) is 24.4 Å². The quantitative estimate of drug-likeness (QED) is 0.638. The summed E-state index contributed by atoms with van der Waals surface area (Å²) >= 11 is 0. The lowest BCUT2D eigenvalue weighted by Crippen LogP contribution is -2.52. The van der Waals surface area contributed by atoms with E-state index in [9.17, 15) is 14.4 Å². The summed E-state index contributed by atoms with van der Waals surface area (Å²) in [5.41, 5.74) is 1.65. The first-order valence-electron chi connectivity index (χ1n) is 13.1. The Kier molecular flexibility index (Phi) is 6.86. The minimum Gasteiger partial charge on any atom is -0.369 e. The molecule has 8 nitrogen and oxygen atoms in total. The lowest BCUT2D eigenvalue weighted by atomic mass is 9.97. The molecule has 4 aliphatic rings. The highest BCUT2D eigenvalue weighted by atomic mass is 16.5. The van der Waals surface area contributed by atoms with Crippen LogP contribution in [-0.2, 0) is 14.3 Å². The van der Waals surface area contributed by atoms with E-state index in [1.165, 1.54) is 0 Å². The Balaban J connectivity index is 1.27. The fourth-order valence-electron chi connectivity index (χ4n) is 5.88. The van der Waals surface area contributed by atoms with E-state index >= 15 is 0 Å². The highest BCUT2D eigenvalue weighted by molar-refractivity contribution is 5.99. The first-order chi connectivity index (χ1) is 16.8. The van der Waals surface area contributed by atoms with Gasteiger partial charge < -0.3 is 24.8 Å². The van der Waals surface area contributed by atoms with Crippen molar-refractivity contribution >= 4 is 23.3 Å². The zero-order valence-electron chi connectivity index (χ0n) is 21.1. The van der Waals surface area contributed by atoms with Gasteiger partial charge in [0.25, 0.3) is 5.91 Å². The standard InChI is InChI=1S/C27H38N4O4/c1-17(2)14-22(27(34)31-15-21(18-4-5-18)25-24(31)23(32)16-35-25)28-26(33)19-6-8-20(9-7-19)30-12-10-29(3)11-13-30/h6-9,17-18,21-22,24-25H,4-5,10-16H2,1-3H3,(H,28,33)/t21-,22+,24-,25-/m1/s1. The number of carbonyl (C=O) groups excluding carboxylic acids is 3. The maximum absolute atomic E-state index is 13.7. The molecule has 0 spiro atoms. The lowest BCUT2D eigenvalue weighted by molar-refractivity contribution is -0.138. The molecule has 5 rings (SSSR count). The van der Waals surface area contributed by atoms with Crippen LogP contribution in [-0.4, -0.2) is 92.0 Å². The zero-order valence-corrected chi connectivity index (χ0v) is 21.1. The van der Waals surface area contributed by atoms with Gasteiger partial charge in [-0.05, 0) is 62.4 Å². The van der Waals surface area contributed by atoms with Crippen LogP contribution in [0.25, 0.3) is 0 Å². The van der Waals surface area contributed by atoms with Gasteiger partial charge in [0, 0.05) is 49.9 Å². The molecule has 35 heavy (non-hydrogen) atoms. The monoisotopic (exact) mass is 482 g/mol. The molecule has 1 N–H and O–H groups in total. The van der Waals surface area contributed by atoms with Crippen LogP contribution in [0.3, 0.4) is 0 Å². The number of piperazine rings is 1. The van der Waals surface area contributed by atoms with Crippen molar-refractivity contribution < 1.29 is 19.1 Å². The van der Waals surface area contributed by atoms with Gasteiger partial charge in [0.2, 0.25) is 5.91 Å². The number of benzene rings is 1. The second kappa shape index (κ2) is 9.90. The first-order valence-corrected chi connectivity index (χ1v) is 13.1. The predicted octanol–water partition coefficient (Wildman–Crippen LogP) is 1.79. The maximum Gasteiger partial charge on any atom is 0.251 e. The van der Waals surface area contributed by atoms with Crippen molar-refractivity contribution in [2.45, 2.75) is 51.3 Å². The van der Waals surface area contributed by atoms with Crippen LogP contribution in [0, 0.1) is 17.8 Å². The number of nitrogens with one attached hydrogen (secondary N) is 1. The Morgan fingerprint density at radius 3 is 2.40 bits per heavy atom. The minimum atomic E-state index is -0.660. The average molecular weight is 483 g/mol. The number of nitrogens with zero attached hydrogens (tertiary/aromatic N) is 3. The van der Waals surface area contributed by atoms with Crippen molar-refractivity contribution in [3.63, 3.8) is 0 Å². The minimum absolute atomic E-state index is 0.0133. The van der Waals surface area contributed by atoms with Gasteiger partial charge in [0.15, 0.2) is 5.78 Å². The summed E-state index contributed by atoms with van der Waals surface area (Å²) in [7, 11) is 2.13. The average Bonchev–Trinajstić information content (AvgIpc) is 3.51. The van der Waals surface area contributed by atoms with Crippen LogP contribution in [0.1, 0.15) is 43.5 Å². The number of amides is 2. The summed E-state index contributed by atoms with van der Waals surface area (Å²) in [4.78, 5) is 45.8. The molecule has 190 valence electrons. The second-order valence-electron chi connectivity index (χ2n) is 11.2. The summed E-state index contributed by atoms with van der Waals surface area (Å²) in [5, 5.41) is 3.00. The number of hydrogen-bond donors (Lipinski definition) is 1. The molecular weight excluding hydrogens is 444 g/mol. The number of hydrogen-bond acceptors (Lipinski definition) is 6. The molecule has 1 aliphatic carbocycles. The van der Waals surface area contributed by atoms with Crippen molar-refractivity contribution in [3.05, 3.63) is 29.8 Å². The third-order valence-corrected chi connectivity index (χ3v) is 8.04. The Labute approximate surface area is 207 Å². The molecule has 1 aromatic carbocycles. The van der Waals surface area contributed by atoms with Gasteiger partial charge in [0.1, 0.15) is 18.7 Å². The summed E-state index contributed by atoms with van der Waals surface area (Å²) in [5.74, 6) is 0.573. The van der Waals surface area contributed by atoms with Crippen LogP contribution in [0.2, 0.25) is 0 Å². The fraction of sp³-hybridized carbons (Fsp3) is 0.667. The molecule has 4 fully saturated rings.